The summed E-state index contributed by atoms with van der Waals surface area (Å²) in [5.74, 6) is -0.216. The molecule has 1 atom stereocenters. The average Bonchev–Trinajstić information content (AvgIpc) is 3.32. The van der Waals surface area contributed by atoms with Crippen LogP contribution < -0.4 is 11.0 Å². The van der Waals surface area contributed by atoms with Gasteiger partial charge in [-0.25, -0.2) is 14.5 Å². The lowest BCUT2D eigenvalue weighted by Gasteiger charge is -2.15. The van der Waals surface area contributed by atoms with E-state index in [1.54, 1.807) is 22.6 Å². The molecule has 0 unspecified atom stereocenters. The third-order valence-electron chi connectivity index (χ3n) is 4.81. The number of carbonyl (C=O) groups excluding carboxylic acids is 1. The van der Waals surface area contributed by atoms with E-state index in [4.69, 9.17) is 0 Å². The number of amides is 1. The molecule has 2 heterocycles. The molecular formula is C20H20N6O2. The molecule has 8 heteroatoms. The first-order valence-electron chi connectivity index (χ1n) is 8.93. The van der Waals surface area contributed by atoms with Crippen LogP contribution in [0.15, 0.2) is 66.0 Å². The molecule has 0 spiro atoms. The largest absolute Gasteiger partial charge is 0.348 e. The van der Waals surface area contributed by atoms with Crippen molar-refractivity contribution in [2.75, 3.05) is 0 Å². The van der Waals surface area contributed by atoms with Gasteiger partial charge in [0.25, 0.3) is 0 Å². The molecule has 0 aliphatic rings. The SMILES string of the molecule is C[C@H](NC(=O)Cn1c(=O)n(C)c2ccccc21)c1ccc(-n2cncn2)cc1. The summed E-state index contributed by atoms with van der Waals surface area (Å²) in [6.07, 6.45) is 3.11. The molecular weight excluding hydrogens is 356 g/mol. The number of carbonyl (C=O) groups is 1. The second-order valence-corrected chi connectivity index (χ2v) is 6.64. The maximum absolute atomic E-state index is 12.6. The van der Waals surface area contributed by atoms with Gasteiger partial charge in [0.1, 0.15) is 19.2 Å². The maximum atomic E-state index is 12.6. The Bertz CT molecular complexity index is 1170. The highest BCUT2D eigenvalue weighted by molar-refractivity contribution is 5.81. The number of aromatic nitrogens is 5. The Morgan fingerprint density at radius 2 is 1.82 bits per heavy atom. The van der Waals surface area contributed by atoms with E-state index in [-0.39, 0.29) is 24.2 Å². The highest BCUT2D eigenvalue weighted by atomic mass is 16.2. The number of fused-ring (bicyclic) bond motifs is 1. The van der Waals surface area contributed by atoms with Gasteiger partial charge in [-0.05, 0) is 36.8 Å². The molecule has 2 aromatic heterocycles. The summed E-state index contributed by atoms with van der Waals surface area (Å²) >= 11 is 0. The van der Waals surface area contributed by atoms with E-state index < -0.39 is 0 Å². The standard InChI is InChI=1S/C20H20N6O2/c1-14(15-7-9-16(10-8-15)26-13-21-12-22-26)23-19(27)11-25-18-6-4-3-5-17(18)24(2)20(25)28/h3-10,12-14H,11H2,1-2H3,(H,23,27)/t14-/m0/s1. The van der Waals surface area contributed by atoms with Crippen LogP contribution in [0.3, 0.4) is 0 Å². The maximum Gasteiger partial charge on any atom is 0.329 e. The lowest BCUT2D eigenvalue weighted by molar-refractivity contribution is -0.122. The molecule has 2 aromatic carbocycles. The van der Waals surface area contributed by atoms with E-state index in [2.05, 4.69) is 15.4 Å². The number of imidazole rings is 1. The highest BCUT2D eigenvalue weighted by Crippen LogP contribution is 2.16. The zero-order chi connectivity index (χ0) is 19.7. The molecule has 0 bridgehead atoms. The van der Waals surface area contributed by atoms with E-state index in [1.807, 2.05) is 55.5 Å². The van der Waals surface area contributed by atoms with Crippen LogP contribution in [-0.4, -0.2) is 29.8 Å². The number of benzene rings is 2. The highest BCUT2D eigenvalue weighted by Gasteiger charge is 2.15. The summed E-state index contributed by atoms with van der Waals surface area (Å²) in [7, 11) is 1.71. The summed E-state index contributed by atoms with van der Waals surface area (Å²) in [5, 5.41) is 7.05. The monoisotopic (exact) mass is 376 g/mol. The van der Waals surface area contributed by atoms with Crippen molar-refractivity contribution in [3.8, 4) is 5.69 Å². The second-order valence-electron chi connectivity index (χ2n) is 6.64. The van der Waals surface area contributed by atoms with Gasteiger partial charge in [-0.3, -0.25) is 13.9 Å². The lowest BCUT2D eigenvalue weighted by Crippen LogP contribution is -2.34. The zero-order valence-corrected chi connectivity index (χ0v) is 15.6. The van der Waals surface area contributed by atoms with Crippen LogP contribution in [0.4, 0.5) is 0 Å². The lowest BCUT2D eigenvalue weighted by atomic mass is 10.1. The number of nitrogens with one attached hydrogen (secondary N) is 1. The van der Waals surface area contributed by atoms with Gasteiger partial charge < -0.3 is 5.32 Å². The van der Waals surface area contributed by atoms with E-state index in [9.17, 15) is 9.59 Å². The summed E-state index contributed by atoms with van der Waals surface area (Å²) in [5.41, 5.74) is 3.19. The first-order chi connectivity index (χ1) is 13.5. The molecule has 1 N–H and O–H groups in total. The van der Waals surface area contributed by atoms with Gasteiger partial charge in [0, 0.05) is 7.05 Å². The summed E-state index contributed by atoms with van der Waals surface area (Å²) in [6, 6.07) is 15.0. The van der Waals surface area contributed by atoms with Crippen molar-refractivity contribution in [2.45, 2.75) is 19.5 Å². The smallest absolute Gasteiger partial charge is 0.329 e. The molecule has 0 fully saturated rings. The van der Waals surface area contributed by atoms with Crippen LogP contribution in [-0.2, 0) is 18.4 Å². The van der Waals surface area contributed by atoms with E-state index in [1.165, 1.54) is 10.9 Å². The normalized spacial score (nSPS) is 12.2. The molecule has 0 radical (unpaired) electrons. The fourth-order valence-corrected chi connectivity index (χ4v) is 3.29. The fourth-order valence-electron chi connectivity index (χ4n) is 3.29. The molecule has 0 saturated carbocycles. The van der Waals surface area contributed by atoms with Crippen LogP contribution >= 0.6 is 0 Å². The van der Waals surface area contributed by atoms with Crippen molar-refractivity contribution in [2.24, 2.45) is 7.05 Å². The first-order valence-corrected chi connectivity index (χ1v) is 8.93. The Balaban J connectivity index is 1.48. The molecule has 0 aliphatic carbocycles. The van der Waals surface area contributed by atoms with Crippen LogP contribution in [0, 0.1) is 0 Å². The predicted octanol–water partition coefficient (Wildman–Crippen LogP) is 1.80. The zero-order valence-electron chi connectivity index (χ0n) is 15.6. The van der Waals surface area contributed by atoms with E-state index in [0.29, 0.717) is 0 Å². The third kappa shape index (κ3) is 3.20. The number of rotatable bonds is 5. The summed E-state index contributed by atoms with van der Waals surface area (Å²) in [6.45, 7) is 1.88. The Morgan fingerprint density at radius 1 is 1.11 bits per heavy atom. The van der Waals surface area contributed by atoms with Crippen LogP contribution in [0.5, 0.6) is 0 Å². The van der Waals surface area contributed by atoms with Crippen LogP contribution in [0.1, 0.15) is 18.5 Å². The van der Waals surface area contributed by atoms with Gasteiger partial charge in [-0.1, -0.05) is 24.3 Å². The van der Waals surface area contributed by atoms with Crippen LogP contribution in [0.2, 0.25) is 0 Å². The molecule has 0 aliphatic heterocycles. The van der Waals surface area contributed by atoms with E-state index in [0.717, 1.165) is 22.3 Å². The van der Waals surface area contributed by atoms with Gasteiger partial charge in [-0.2, -0.15) is 5.10 Å². The van der Waals surface area contributed by atoms with Gasteiger partial charge in [0.05, 0.1) is 22.8 Å². The average molecular weight is 376 g/mol. The number of aryl methyl sites for hydroxylation is 1. The predicted molar refractivity (Wildman–Crippen MR) is 105 cm³/mol. The van der Waals surface area contributed by atoms with Crippen molar-refractivity contribution in [3.05, 3.63) is 77.2 Å². The number of nitrogens with zero attached hydrogens (tertiary/aromatic N) is 5. The third-order valence-corrected chi connectivity index (χ3v) is 4.81. The van der Waals surface area contributed by atoms with Crippen molar-refractivity contribution in [1.82, 2.24) is 29.2 Å². The molecule has 4 aromatic rings. The number of hydrogen-bond donors (Lipinski definition) is 1. The molecule has 8 nitrogen and oxygen atoms in total. The quantitative estimate of drug-likeness (QED) is 0.575. The van der Waals surface area contributed by atoms with Gasteiger partial charge >= 0.3 is 5.69 Å². The van der Waals surface area contributed by atoms with Gasteiger partial charge in [0.2, 0.25) is 5.91 Å². The van der Waals surface area contributed by atoms with Crippen molar-refractivity contribution >= 4 is 16.9 Å². The Hall–Kier alpha value is -3.68. The number of hydrogen-bond acceptors (Lipinski definition) is 4. The van der Waals surface area contributed by atoms with Gasteiger partial charge in [0.15, 0.2) is 0 Å². The Labute approximate surface area is 161 Å². The topological polar surface area (TPSA) is 86.7 Å². The van der Waals surface area contributed by atoms with Crippen molar-refractivity contribution in [1.29, 1.82) is 0 Å². The number of para-hydroxylation sites is 2. The van der Waals surface area contributed by atoms with Crippen molar-refractivity contribution < 1.29 is 4.79 Å². The second kappa shape index (κ2) is 7.15. The molecule has 4 rings (SSSR count). The molecule has 142 valence electrons. The summed E-state index contributed by atoms with van der Waals surface area (Å²) in [4.78, 5) is 28.9. The fraction of sp³-hybridized carbons (Fsp3) is 0.200. The minimum absolute atomic E-state index is 0.0262. The molecule has 1 amide bonds. The minimum Gasteiger partial charge on any atom is -0.348 e. The summed E-state index contributed by atoms with van der Waals surface area (Å²) < 4.78 is 4.71. The van der Waals surface area contributed by atoms with Gasteiger partial charge in [-0.15, -0.1) is 0 Å². The van der Waals surface area contributed by atoms with E-state index >= 15 is 0 Å². The molecule has 28 heavy (non-hydrogen) atoms. The van der Waals surface area contributed by atoms with Crippen molar-refractivity contribution in [3.63, 3.8) is 0 Å². The first kappa shape index (κ1) is 17.7. The Kier molecular flexibility index (Phi) is 4.52. The van der Waals surface area contributed by atoms with Crippen LogP contribution in [0.25, 0.3) is 16.7 Å². The Morgan fingerprint density at radius 3 is 2.50 bits per heavy atom. The molecule has 0 saturated heterocycles. The minimum atomic E-state index is -0.216.